The highest BCUT2D eigenvalue weighted by molar-refractivity contribution is 5.81. The van der Waals surface area contributed by atoms with E-state index >= 15 is 0 Å². The monoisotopic (exact) mass is 390 g/mol. The number of hydrogen-bond donors (Lipinski definition) is 0. The van der Waals surface area contributed by atoms with Crippen molar-refractivity contribution < 1.29 is 19.4 Å². The van der Waals surface area contributed by atoms with Gasteiger partial charge in [0.15, 0.2) is 0 Å². The van der Waals surface area contributed by atoms with Crippen LogP contribution in [0.25, 0.3) is 11.1 Å². The molecule has 2 aromatic carbocycles. The Morgan fingerprint density at radius 3 is 2.24 bits per heavy atom. The molecule has 2 aromatic rings. The first-order chi connectivity index (χ1) is 14.1. The highest BCUT2D eigenvalue weighted by Gasteiger charge is 2.46. The number of carbonyl (C=O) groups excluding carboxylic acids is 2. The molecule has 1 saturated carbocycles. The molecule has 150 valence electrons. The minimum atomic E-state index is -1.17. The van der Waals surface area contributed by atoms with Gasteiger partial charge in [-0.15, -0.1) is 0 Å². The van der Waals surface area contributed by atoms with Gasteiger partial charge in [-0.25, -0.2) is 4.79 Å². The Bertz CT molecular complexity index is 910. The van der Waals surface area contributed by atoms with E-state index < -0.39 is 18.1 Å². The maximum Gasteiger partial charge on any atom is 0.410 e. The molecular formula is C24H24NO4-. The van der Waals surface area contributed by atoms with Gasteiger partial charge < -0.3 is 14.6 Å². The molecule has 0 unspecified atom stereocenters. The Balaban J connectivity index is 1.37. The molecule has 0 N–H and O–H groups in total. The van der Waals surface area contributed by atoms with E-state index in [2.05, 4.69) is 24.3 Å². The van der Waals surface area contributed by atoms with Gasteiger partial charge in [0, 0.05) is 12.0 Å². The normalized spacial score (nSPS) is 25.2. The largest absolute Gasteiger partial charge is 0.548 e. The summed E-state index contributed by atoms with van der Waals surface area (Å²) in [5.74, 6) is -0.961. The number of aliphatic carboxylic acids is 1. The first kappa shape index (κ1) is 18.2. The van der Waals surface area contributed by atoms with Gasteiger partial charge in [-0.1, -0.05) is 61.4 Å². The molecule has 2 aliphatic carbocycles. The van der Waals surface area contributed by atoms with Crippen LogP contribution >= 0.6 is 0 Å². The molecule has 29 heavy (non-hydrogen) atoms. The molecule has 1 heterocycles. The second-order valence-electron chi connectivity index (χ2n) is 8.39. The van der Waals surface area contributed by atoms with Gasteiger partial charge in [-0.2, -0.15) is 0 Å². The minimum absolute atomic E-state index is 0.0301. The fourth-order valence-corrected chi connectivity index (χ4v) is 5.60. The van der Waals surface area contributed by atoms with Gasteiger partial charge in [0.1, 0.15) is 6.61 Å². The third kappa shape index (κ3) is 3.00. The van der Waals surface area contributed by atoms with Crippen molar-refractivity contribution in [2.45, 2.75) is 50.1 Å². The molecule has 5 heteroatoms. The van der Waals surface area contributed by atoms with E-state index in [-0.39, 0.29) is 24.5 Å². The number of ether oxygens (including phenoxy) is 1. The molecule has 0 spiro atoms. The molecule has 0 bridgehead atoms. The number of likely N-dealkylation sites (tertiary alicyclic amines) is 1. The maximum atomic E-state index is 13.0. The van der Waals surface area contributed by atoms with Crippen LogP contribution in [0, 0.1) is 5.92 Å². The average Bonchev–Trinajstić information content (AvgIpc) is 3.29. The molecule has 1 amide bonds. The van der Waals surface area contributed by atoms with E-state index in [9.17, 15) is 14.7 Å². The van der Waals surface area contributed by atoms with Crippen molar-refractivity contribution in [3.05, 3.63) is 59.7 Å². The standard InChI is InChI=1S/C24H25NO4/c26-23(27)22-13-15-7-1-6-12-21(15)25(22)24(28)29-14-20-18-10-4-2-8-16(18)17-9-3-5-11-19(17)20/h2-5,8-11,15,20-22H,1,6-7,12-14H2,(H,26,27)/p-1/t15-,21+,22-/m0/s1. The zero-order valence-corrected chi connectivity index (χ0v) is 16.3. The van der Waals surface area contributed by atoms with E-state index in [1.54, 1.807) is 0 Å². The number of nitrogens with zero attached hydrogens (tertiary/aromatic N) is 1. The summed E-state index contributed by atoms with van der Waals surface area (Å²) in [7, 11) is 0. The van der Waals surface area contributed by atoms with Crippen molar-refractivity contribution >= 4 is 12.1 Å². The van der Waals surface area contributed by atoms with E-state index in [4.69, 9.17) is 4.74 Å². The van der Waals surface area contributed by atoms with Gasteiger partial charge in [0.2, 0.25) is 0 Å². The van der Waals surface area contributed by atoms with Crippen LogP contribution in [-0.2, 0) is 9.53 Å². The van der Waals surface area contributed by atoms with Crippen molar-refractivity contribution in [1.82, 2.24) is 4.90 Å². The van der Waals surface area contributed by atoms with Crippen LogP contribution < -0.4 is 5.11 Å². The lowest BCUT2D eigenvalue weighted by molar-refractivity contribution is -0.310. The van der Waals surface area contributed by atoms with Gasteiger partial charge >= 0.3 is 6.09 Å². The van der Waals surface area contributed by atoms with E-state index in [1.807, 2.05) is 24.3 Å². The third-order valence-corrected chi connectivity index (χ3v) is 6.91. The first-order valence-corrected chi connectivity index (χ1v) is 10.5. The molecule has 5 rings (SSSR count). The van der Waals surface area contributed by atoms with Crippen molar-refractivity contribution in [3.63, 3.8) is 0 Å². The third-order valence-electron chi connectivity index (χ3n) is 6.91. The van der Waals surface area contributed by atoms with E-state index in [1.165, 1.54) is 16.0 Å². The first-order valence-electron chi connectivity index (χ1n) is 10.5. The van der Waals surface area contributed by atoms with Crippen LogP contribution in [0.15, 0.2) is 48.5 Å². The van der Waals surface area contributed by atoms with Crippen LogP contribution in [-0.4, -0.2) is 35.7 Å². The Morgan fingerprint density at radius 2 is 1.59 bits per heavy atom. The van der Waals surface area contributed by atoms with E-state index in [0.717, 1.165) is 36.8 Å². The molecule has 3 aliphatic rings. The van der Waals surface area contributed by atoms with Gasteiger partial charge in [-0.3, -0.25) is 4.90 Å². The van der Waals surface area contributed by atoms with Gasteiger partial charge in [0.25, 0.3) is 0 Å². The van der Waals surface area contributed by atoms with Crippen LogP contribution in [0.2, 0.25) is 0 Å². The Hall–Kier alpha value is -2.82. The SMILES string of the molecule is O=C([O-])[C@@H]1C[C@@H]2CCCC[C@H]2N1C(=O)OCC1c2ccccc2-c2ccccc21. The summed E-state index contributed by atoms with van der Waals surface area (Å²) < 4.78 is 5.75. The number of amides is 1. The van der Waals surface area contributed by atoms with Crippen molar-refractivity contribution in [2.24, 2.45) is 5.92 Å². The zero-order chi connectivity index (χ0) is 20.0. The summed E-state index contributed by atoms with van der Waals surface area (Å²) in [5.41, 5.74) is 4.64. The molecule has 1 saturated heterocycles. The Labute approximate surface area is 170 Å². The lowest BCUT2D eigenvalue weighted by Gasteiger charge is -2.33. The molecule has 0 aromatic heterocycles. The zero-order valence-electron chi connectivity index (χ0n) is 16.3. The lowest BCUT2D eigenvalue weighted by Crippen LogP contribution is -2.50. The minimum Gasteiger partial charge on any atom is -0.548 e. The Kier molecular flexibility index (Phi) is 4.53. The van der Waals surface area contributed by atoms with Crippen LogP contribution in [0.3, 0.4) is 0 Å². The van der Waals surface area contributed by atoms with Crippen molar-refractivity contribution in [3.8, 4) is 11.1 Å². The maximum absolute atomic E-state index is 13.0. The summed E-state index contributed by atoms with van der Waals surface area (Å²) >= 11 is 0. The number of benzene rings is 2. The quantitative estimate of drug-likeness (QED) is 0.806. The van der Waals surface area contributed by atoms with Gasteiger partial charge in [-0.05, 0) is 47.4 Å². The molecule has 0 radical (unpaired) electrons. The molecule has 2 fully saturated rings. The second-order valence-corrected chi connectivity index (χ2v) is 8.39. The average molecular weight is 390 g/mol. The highest BCUT2D eigenvalue weighted by atomic mass is 16.6. The smallest absolute Gasteiger partial charge is 0.410 e. The van der Waals surface area contributed by atoms with Gasteiger partial charge in [0.05, 0.1) is 12.0 Å². The lowest BCUT2D eigenvalue weighted by atomic mass is 9.85. The number of carboxylic acid groups (broad SMARTS) is 1. The number of fused-ring (bicyclic) bond motifs is 4. The summed E-state index contributed by atoms with van der Waals surface area (Å²) in [5, 5.41) is 11.7. The topological polar surface area (TPSA) is 69.7 Å². The number of hydrogen-bond acceptors (Lipinski definition) is 4. The molecule has 5 nitrogen and oxygen atoms in total. The molecule has 3 atom stereocenters. The fourth-order valence-electron chi connectivity index (χ4n) is 5.60. The Morgan fingerprint density at radius 1 is 0.966 bits per heavy atom. The number of carbonyl (C=O) groups is 2. The summed E-state index contributed by atoms with van der Waals surface area (Å²) in [6, 6.07) is 15.4. The predicted molar refractivity (Wildman–Crippen MR) is 106 cm³/mol. The molecule has 1 aliphatic heterocycles. The van der Waals surface area contributed by atoms with Crippen LogP contribution in [0.1, 0.15) is 49.1 Å². The second kappa shape index (κ2) is 7.21. The highest BCUT2D eigenvalue weighted by Crippen LogP contribution is 2.45. The van der Waals surface area contributed by atoms with Crippen LogP contribution in [0.4, 0.5) is 4.79 Å². The fraction of sp³-hybridized carbons (Fsp3) is 0.417. The summed E-state index contributed by atoms with van der Waals surface area (Å²) in [6.45, 7) is 0.209. The predicted octanol–water partition coefficient (Wildman–Crippen LogP) is 3.32. The molecular weight excluding hydrogens is 366 g/mol. The number of rotatable bonds is 3. The number of carboxylic acids is 1. The summed E-state index contributed by atoms with van der Waals surface area (Å²) in [4.78, 5) is 26.2. The van der Waals surface area contributed by atoms with E-state index in [0.29, 0.717) is 6.42 Å². The van der Waals surface area contributed by atoms with Crippen molar-refractivity contribution in [1.29, 1.82) is 0 Å². The van der Waals surface area contributed by atoms with Crippen molar-refractivity contribution in [2.75, 3.05) is 6.61 Å². The van der Waals surface area contributed by atoms with Crippen LogP contribution in [0.5, 0.6) is 0 Å². The summed E-state index contributed by atoms with van der Waals surface area (Å²) in [6.07, 6.45) is 3.90.